The number of benzene rings is 2. The van der Waals surface area contributed by atoms with Crippen LogP contribution in [-0.4, -0.2) is 41.0 Å². The number of carboxylic acid groups (broad SMARTS) is 1. The number of phenolic OH excluding ortho intramolecular Hbond substituents is 1. The van der Waals surface area contributed by atoms with Crippen LogP contribution in [0.4, 0.5) is 0 Å². The van der Waals surface area contributed by atoms with Crippen LogP contribution in [0.25, 0.3) is 0 Å². The Kier molecular flexibility index (Phi) is 9.25. The van der Waals surface area contributed by atoms with Gasteiger partial charge >= 0.3 is 5.97 Å². The van der Waals surface area contributed by atoms with Crippen molar-refractivity contribution >= 4 is 17.5 Å². The summed E-state index contributed by atoms with van der Waals surface area (Å²) in [6, 6.07) is 9.90. The topological polar surface area (TPSA) is 110 Å². The highest BCUT2D eigenvalue weighted by atomic mass is 16.5. The van der Waals surface area contributed by atoms with Crippen LogP contribution in [-0.2, 0) is 11.2 Å². The number of ketones is 2. The molecule has 0 bridgehead atoms. The van der Waals surface area contributed by atoms with Gasteiger partial charge in [0.1, 0.15) is 17.2 Å². The van der Waals surface area contributed by atoms with Crippen molar-refractivity contribution in [3.05, 3.63) is 53.1 Å². The number of carbonyl (C=O) groups is 3. The molecule has 2 rings (SSSR count). The number of carboxylic acids is 1. The van der Waals surface area contributed by atoms with Crippen molar-refractivity contribution in [1.82, 2.24) is 0 Å². The number of Topliss-reactive ketones (excluding diaryl/α,β-unsaturated/α-hetero) is 2. The van der Waals surface area contributed by atoms with Gasteiger partial charge < -0.3 is 19.7 Å². The third-order valence-electron chi connectivity index (χ3n) is 5.00. The Hall–Kier alpha value is -3.35. The molecule has 172 valence electrons. The molecular formula is C25H30O7. The summed E-state index contributed by atoms with van der Waals surface area (Å²) in [6.07, 6.45) is 1.81. The second-order valence-corrected chi connectivity index (χ2v) is 7.68. The van der Waals surface area contributed by atoms with Crippen LogP contribution in [0.2, 0.25) is 0 Å². The lowest BCUT2D eigenvalue weighted by molar-refractivity contribution is -0.137. The van der Waals surface area contributed by atoms with Gasteiger partial charge in [-0.15, -0.1) is 0 Å². The standard InChI is InChI=1S/C25H30O7/c1-4-6-21-22(12-11-20(17(3)26)25(21)30)32-14-5-13-31-19-9-7-18(8-10-19)24(29)16(2)15-23(27)28/h7-12,16,30H,4-6,13-15H2,1-3H3,(H,27,28). The molecule has 0 amide bonds. The second kappa shape index (κ2) is 11.9. The third-order valence-corrected chi connectivity index (χ3v) is 5.00. The highest BCUT2D eigenvalue weighted by Gasteiger charge is 2.18. The molecule has 0 saturated heterocycles. The number of rotatable bonds is 13. The molecular weight excluding hydrogens is 412 g/mol. The Balaban J connectivity index is 1.85. The minimum atomic E-state index is -1.00. The van der Waals surface area contributed by atoms with E-state index in [1.54, 1.807) is 43.3 Å². The second-order valence-electron chi connectivity index (χ2n) is 7.68. The quantitative estimate of drug-likeness (QED) is 0.342. The van der Waals surface area contributed by atoms with Crippen molar-refractivity contribution in [2.24, 2.45) is 5.92 Å². The Labute approximate surface area is 188 Å². The minimum Gasteiger partial charge on any atom is -0.507 e. The SMILES string of the molecule is CCCc1c(OCCCOc2ccc(C(=O)C(C)CC(=O)O)cc2)ccc(C(C)=O)c1O. The van der Waals surface area contributed by atoms with E-state index in [4.69, 9.17) is 14.6 Å². The normalized spacial score (nSPS) is 11.6. The number of carbonyl (C=O) groups excluding carboxylic acids is 2. The van der Waals surface area contributed by atoms with Gasteiger partial charge in [-0.25, -0.2) is 0 Å². The van der Waals surface area contributed by atoms with Gasteiger partial charge in [-0.3, -0.25) is 14.4 Å². The van der Waals surface area contributed by atoms with E-state index in [-0.39, 0.29) is 23.7 Å². The summed E-state index contributed by atoms with van der Waals surface area (Å²) in [6.45, 7) is 5.77. The first-order chi connectivity index (χ1) is 15.2. The predicted molar refractivity (Wildman–Crippen MR) is 120 cm³/mol. The first-order valence-corrected chi connectivity index (χ1v) is 10.7. The zero-order valence-electron chi connectivity index (χ0n) is 18.7. The summed E-state index contributed by atoms with van der Waals surface area (Å²) < 4.78 is 11.5. The predicted octanol–water partition coefficient (Wildman–Crippen LogP) is 4.69. The fourth-order valence-electron chi connectivity index (χ4n) is 3.31. The van der Waals surface area contributed by atoms with Crippen molar-refractivity contribution in [3.8, 4) is 17.2 Å². The highest BCUT2D eigenvalue weighted by Crippen LogP contribution is 2.33. The molecule has 0 fully saturated rings. The summed E-state index contributed by atoms with van der Waals surface area (Å²) in [5.74, 6) is -0.841. The van der Waals surface area contributed by atoms with E-state index in [9.17, 15) is 19.5 Å². The van der Waals surface area contributed by atoms with E-state index in [1.165, 1.54) is 6.92 Å². The molecule has 0 aliphatic rings. The van der Waals surface area contributed by atoms with Crippen LogP contribution >= 0.6 is 0 Å². The average molecular weight is 443 g/mol. The monoisotopic (exact) mass is 442 g/mol. The Morgan fingerprint density at radius 1 is 1.00 bits per heavy atom. The number of hydrogen-bond donors (Lipinski definition) is 2. The molecule has 2 N–H and O–H groups in total. The lowest BCUT2D eigenvalue weighted by Gasteiger charge is -2.15. The van der Waals surface area contributed by atoms with Crippen LogP contribution in [0, 0.1) is 5.92 Å². The Morgan fingerprint density at radius 3 is 2.25 bits per heavy atom. The molecule has 0 saturated carbocycles. The van der Waals surface area contributed by atoms with Crippen molar-refractivity contribution in [1.29, 1.82) is 0 Å². The molecule has 2 aromatic carbocycles. The van der Waals surface area contributed by atoms with Gasteiger partial charge in [-0.1, -0.05) is 20.3 Å². The van der Waals surface area contributed by atoms with Crippen LogP contribution in [0.3, 0.4) is 0 Å². The van der Waals surface area contributed by atoms with Gasteiger partial charge in [0.2, 0.25) is 0 Å². The molecule has 32 heavy (non-hydrogen) atoms. The summed E-state index contributed by atoms with van der Waals surface area (Å²) in [5.41, 5.74) is 1.38. The molecule has 1 atom stereocenters. The lowest BCUT2D eigenvalue weighted by atomic mass is 9.96. The summed E-state index contributed by atoms with van der Waals surface area (Å²) in [5, 5.41) is 19.2. The average Bonchev–Trinajstić information content (AvgIpc) is 2.75. The minimum absolute atomic E-state index is 0.0135. The molecule has 0 radical (unpaired) electrons. The maximum atomic E-state index is 12.2. The van der Waals surface area contributed by atoms with E-state index in [0.29, 0.717) is 54.2 Å². The van der Waals surface area contributed by atoms with Crippen molar-refractivity contribution < 1.29 is 34.1 Å². The van der Waals surface area contributed by atoms with Gasteiger partial charge in [0.15, 0.2) is 11.6 Å². The zero-order valence-corrected chi connectivity index (χ0v) is 18.7. The molecule has 0 aliphatic carbocycles. The number of ether oxygens (including phenoxy) is 2. The Bertz CT molecular complexity index is 948. The molecule has 7 nitrogen and oxygen atoms in total. The third kappa shape index (κ3) is 6.83. The fourth-order valence-corrected chi connectivity index (χ4v) is 3.31. The maximum Gasteiger partial charge on any atom is 0.304 e. The highest BCUT2D eigenvalue weighted by molar-refractivity contribution is 5.99. The number of aliphatic carboxylic acids is 1. The Morgan fingerprint density at radius 2 is 1.66 bits per heavy atom. The summed E-state index contributed by atoms with van der Waals surface area (Å²) >= 11 is 0. The van der Waals surface area contributed by atoms with Gasteiger partial charge in [-0.2, -0.15) is 0 Å². The smallest absolute Gasteiger partial charge is 0.304 e. The number of aromatic hydroxyl groups is 1. The first kappa shape index (κ1) is 24.9. The van der Waals surface area contributed by atoms with Crippen LogP contribution in [0.15, 0.2) is 36.4 Å². The van der Waals surface area contributed by atoms with E-state index in [0.717, 1.165) is 6.42 Å². The fraction of sp³-hybridized carbons (Fsp3) is 0.400. The molecule has 1 unspecified atom stereocenters. The maximum absolute atomic E-state index is 12.2. The van der Waals surface area contributed by atoms with Gasteiger partial charge in [-0.05, 0) is 49.7 Å². The van der Waals surface area contributed by atoms with Gasteiger partial charge in [0.05, 0.1) is 25.2 Å². The molecule has 0 aliphatic heterocycles. The van der Waals surface area contributed by atoms with Gasteiger partial charge in [0, 0.05) is 23.5 Å². The van der Waals surface area contributed by atoms with E-state index >= 15 is 0 Å². The lowest BCUT2D eigenvalue weighted by Crippen LogP contribution is -2.15. The van der Waals surface area contributed by atoms with E-state index in [1.807, 2.05) is 6.92 Å². The summed E-state index contributed by atoms with van der Waals surface area (Å²) in [4.78, 5) is 34.6. The zero-order chi connectivity index (χ0) is 23.7. The molecule has 2 aromatic rings. The van der Waals surface area contributed by atoms with Crippen molar-refractivity contribution in [3.63, 3.8) is 0 Å². The van der Waals surface area contributed by atoms with Crippen LogP contribution < -0.4 is 9.47 Å². The van der Waals surface area contributed by atoms with Crippen molar-refractivity contribution in [2.75, 3.05) is 13.2 Å². The van der Waals surface area contributed by atoms with Gasteiger partial charge in [0.25, 0.3) is 0 Å². The van der Waals surface area contributed by atoms with E-state index < -0.39 is 11.9 Å². The number of phenols is 1. The molecule has 0 spiro atoms. The van der Waals surface area contributed by atoms with Crippen molar-refractivity contribution in [2.45, 2.75) is 46.5 Å². The van der Waals surface area contributed by atoms with E-state index in [2.05, 4.69) is 0 Å². The number of hydrogen-bond acceptors (Lipinski definition) is 6. The molecule has 0 aromatic heterocycles. The largest absolute Gasteiger partial charge is 0.507 e. The van der Waals surface area contributed by atoms with Crippen LogP contribution in [0.5, 0.6) is 17.2 Å². The first-order valence-electron chi connectivity index (χ1n) is 10.7. The van der Waals surface area contributed by atoms with Crippen LogP contribution in [0.1, 0.15) is 66.3 Å². The molecule has 7 heteroatoms. The molecule has 0 heterocycles. The summed E-state index contributed by atoms with van der Waals surface area (Å²) in [7, 11) is 0.